The average molecular weight is 317 g/mol. The normalized spacial score (nSPS) is 49.6. The summed E-state index contributed by atoms with van der Waals surface area (Å²) in [7, 11) is 0. The Morgan fingerprint density at radius 3 is 2.61 bits per heavy atom. The summed E-state index contributed by atoms with van der Waals surface area (Å²) in [6.07, 6.45) is 8.81. The van der Waals surface area contributed by atoms with Gasteiger partial charge in [-0.2, -0.15) is 0 Å². The molecule has 3 heteroatoms. The van der Waals surface area contributed by atoms with Crippen molar-refractivity contribution >= 4 is 5.78 Å². The molecule has 6 atom stereocenters. The highest BCUT2D eigenvalue weighted by Gasteiger charge is 2.59. The molecule has 0 spiro atoms. The summed E-state index contributed by atoms with van der Waals surface area (Å²) in [5, 5.41) is 9.81. The second kappa shape index (κ2) is 5.08. The smallest absolute Gasteiger partial charge is 0.178 e. The first-order valence-electron chi connectivity index (χ1n) is 9.55. The van der Waals surface area contributed by atoms with E-state index in [1.165, 1.54) is 37.7 Å². The number of hydrogen-bond donors (Lipinski definition) is 2. The molecule has 4 aliphatic carbocycles. The van der Waals surface area contributed by atoms with Crippen LogP contribution in [-0.2, 0) is 4.79 Å². The molecule has 0 aromatic heterocycles. The van der Waals surface area contributed by atoms with Gasteiger partial charge in [0.15, 0.2) is 5.78 Å². The van der Waals surface area contributed by atoms with E-state index in [4.69, 9.17) is 5.73 Å². The fraction of sp³-hybridized carbons (Fsp3) is 0.850. The zero-order valence-corrected chi connectivity index (χ0v) is 14.6. The number of aliphatic hydroxyl groups is 1. The minimum atomic E-state index is 0.152. The lowest BCUT2D eigenvalue weighted by Gasteiger charge is -2.58. The summed E-state index contributed by atoms with van der Waals surface area (Å²) in [5.74, 6) is 2.89. The molecule has 4 rings (SSSR count). The SMILES string of the molecule is C[C@]12CCC(=O)C(N)=C1CC[C@@H]1[C@H]2CC[C@]2(C)C(CO)CC[C@@H]12. The molecule has 23 heavy (non-hydrogen) atoms. The summed E-state index contributed by atoms with van der Waals surface area (Å²) in [6.45, 7) is 5.18. The number of ketones is 1. The largest absolute Gasteiger partial charge is 0.396 e. The minimum Gasteiger partial charge on any atom is -0.396 e. The van der Waals surface area contributed by atoms with Crippen molar-refractivity contribution in [1.82, 2.24) is 0 Å². The van der Waals surface area contributed by atoms with Crippen molar-refractivity contribution in [1.29, 1.82) is 0 Å². The lowest BCUT2D eigenvalue weighted by atomic mass is 9.46. The van der Waals surface area contributed by atoms with Crippen molar-refractivity contribution < 1.29 is 9.90 Å². The maximum Gasteiger partial charge on any atom is 0.178 e. The second-order valence-corrected chi connectivity index (χ2v) is 9.15. The second-order valence-electron chi connectivity index (χ2n) is 9.15. The fourth-order valence-corrected chi connectivity index (χ4v) is 7.16. The highest BCUT2D eigenvalue weighted by atomic mass is 16.3. The molecule has 0 heterocycles. The van der Waals surface area contributed by atoms with Crippen LogP contribution in [0.4, 0.5) is 0 Å². The van der Waals surface area contributed by atoms with Crippen LogP contribution >= 0.6 is 0 Å². The van der Waals surface area contributed by atoms with Crippen molar-refractivity contribution in [2.24, 2.45) is 40.2 Å². The third kappa shape index (κ3) is 1.95. The quantitative estimate of drug-likeness (QED) is 0.779. The van der Waals surface area contributed by atoms with E-state index in [-0.39, 0.29) is 11.2 Å². The Morgan fingerprint density at radius 2 is 1.87 bits per heavy atom. The van der Waals surface area contributed by atoms with Crippen LogP contribution in [0.3, 0.4) is 0 Å². The first-order valence-corrected chi connectivity index (χ1v) is 9.55. The number of fused-ring (bicyclic) bond motifs is 5. The highest BCUT2D eigenvalue weighted by Crippen LogP contribution is 2.66. The molecule has 3 fully saturated rings. The van der Waals surface area contributed by atoms with Gasteiger partial charge < -0.3 is 10.8 Å². The summed E-state index contributed by atoms with van der Waals surface area (Å²) in [4.78, 5) is 12.1. The molecule has 0 bridgehead atoms. The van der Waals surface area contributed by atoms with Crippen LogP contribution < -0.4 is 5.73 Å². The lowest BCUT2D eigenvalue weighted by Crippen LogP contribution is -2.51. The van der Waals surface area contributed by atoms with Crippen molar-refractivity contribution in [3.63, 3.8) is 0 Å². The Hall–Kier alpha value is -0.830. The van der Waals surface area contributed by atoms with Crippen LogP contribution in [0.1, 0.15) is 65.2 Å². The molecule has 3 N–H and O–H groups in total. The Bertz CT molecular complexity index is 568. The molecule has 0 saturated heterocycles. The van der Waals surface area contributed by atoms with Gasteiger partial charge in [0.25, 0.3) is 0 Å². The first-order chi connectivity index (χ1) is 10.9. The van der Waals surface area contributed by atoms with Gasteiger partial charge in [0, 0.05) is 13.0 Å². The standard InChI is InChI=1S/C20H31NO2/c1-19-9-7-15-13(14(19)5-3-12(19)11-22)4-6-16-18(21)17(23)8-10-20(15,16)2/h12-15,22H,3-11,21H2,1-2H3/t12?,13-,14-,15+,19+,20+/m0/s1. The minimum absolute atomic E-state index is 0.152. The molecule has 1 unspecified atom stereocenters. The molecule has 128 valence electrons. The Morgan fingerprint density at radius 1 is 1.09 bits per heavy atom. The fourth-order valence-electron chi connectivity index (χ4n) is 7.16. The van der Waals surface area contributed by atoms with Gasteiger partial charge in [-0.1, -0.05) is 13.8 Å². The molecule has 0 amide bonds. The Balaban J connectivity index is 1.69. The summed E-state index contributed by atoms with van der Waals surface area (Å²) >= 11 is 0. The van der Waals surface area contributed by atoms with Gasteiger partial charge in [0.1, 0.15) is 0 Å². The Labute approximate surface area is 139 Å². The molecule has 0 radical (unpaired) electrons. The zero-order chi connectivity index (χ0) is 16.4. The zero-order valence-electron chi connectivity index (χ0n) is 14.6. The molecule has 0 aromatic rings. The van der Waals surface area contributed by atoms with E-state index in [2.05, 4.69) is 13.8 Å². The van der Waals surface area contributed by atoms with E-state index in [0.29, 0.717) is 36.0 Å². The van der Waals surface area contributed by atoms with Gasteiger partial charge in [0.05, 0.1) is 5.70 Å². The van der Waals surface area contributed by atoms with Crippen molar-refractivity contribution in [2.45, 2.75) is 65.2 Å². The number of rotatable bonds is 1. The molecule has 0 aromatic carbocycles. The van der Waals surface area contributed by atoms with Gasteiger partial charge in [-0.3, -0.25) is 4.79 Å². The van der Waals surface area contributed by atoms with E-state index in [0.717, 1.165) is 24.7 Å². The average Bonchev–Trinajstić information content (AvgIpc) is 2.88. The van der Waals surface area contributed by atoms with Crippen LogP contribution in [0, 0.1) is 34.5 Å². The monoisotopic (exact) mass is 317 g/mol. The third-order valence-corrected chi connectivity index (χ3v) is 8.59. The summed E-state index contributed by atoms with van der Waals surface area (Å²) < 4.78 is 0. The number of aliphatic hydroxyl groups excluding tert-OH is 1. The van der Waals surface area contributed by atoms with Crippen molar-refractivity contribution in [3.05, 3.63) is 11.3 Å². The maximum absolute atomic E-state index is 12.1. The summed E-state index contributed by atoms with van der Waals surface area (Å²) in [6, 6.07) is 0. The highest BCUT2D eigenvalue weighted by molar-refractivity contribution is 5.96. The summed E-state index contributed by atoms with van der Waals surface area (Å²) in [5.41, 5.74) is 8.59. The third-order valence-electron chi connectivity index (χ3n) is 8.59. The number of Topliss-reactive ketones (excluding diaryl/α,β-unsaturated/α-hetero) is 1. The molecule has 0 aliphatic heterocycles. The predicted octanol–water partition coefficient (Wildman–Crippen LogP) is 3.41. The van der Waals surface area contributed by atoms with Gasteiger partial charge >= 0.3 is 0 Å². The number of carbonyl (C=O) groups excluding carboxylic acids is 1. The number of carbonyl (C=O) groups is 1. The van der Waals surface area contributed by atoms with Crippen LogP contribution in [-0.4, -0.2) is 17.5 Å². The number of hydrogen-bond acceptors (Lipinski definition) is 3. The lowest BCUT2D eigenvalue weighted by molar-refractivity contribution is -0.119. The number of nitrogens with two attached hydrogens (primary N) is 1. The first kappa shape index (κ1) is 15.7. The van der Waals surface area contributed by atoms with Crippen LogP contribution in [0.5, 0.6) is 0 Å². The van der Waals surface area contributed by atoms with Crippen LogP contribution in [0.25, 0.3) is 0 Å². The topological polar surface area (TPSA) is 63.3 Å². The number of allylic oxidation sites excluding steroid dienone is 1. The van der Waals surface area contributed by atoms with E-state index in [1.54, 1.807) is 0 Å². The van der Waals surface area contributed by atoms with Gasteiger partial charge in [-0.25, -0.2) is 0 Å². The Kier molecular flexibility index (Phi) is 3.46. The predicted molar refractivity (Wildman–Crippen MR) is 90.4 cm³/mol. The van der Waals surface area contributed by atoms with Crippen LogP contribution in [0.2, 0.25) is 0 Å². The molecular formula is C20H31NO2. The van der Waals surface area contributed by atoms with Crippen LogP contribution in [0.15, 0.2) is 11.3 Å². The molecular weight excluding hydrogens is 286 g/mol. The van der Waals surface area contributed by atoms with E-state index in [1.807, 2.05) is 0 Å². The van der Waals surface area contributed by atoms with E-state index < -0.39 is 0 Å². The maximum atomic E-state index is 12.1. The van der Waals surface area contributed by atoms with Gasteiger partial charge in [-0.15, -0.1) is 0 Å². The molecule has 3 nitrogen and oxygen atoms in total. The van der Waals surface area contributed by atoms with Crippen molar-refractivity contribution in [2.75, 3.05) is 6.61 Å². The van der Waals surface area contributed by atoms with E-state index >= 15 is 0 Å². The van der Waals surface area contributed by atoms with Crippen molar-refractivity contribution in [3.8, 4) is 0 Å². The molecule has 3 saturated carbocycles. The molecule has 4 aliphatic rings. The van der Waals surface area contributed by atoms with Gasteiger partial charge in [-0.05, 0) is 85.0 Å². The van der Waals surface area contributed by atoms with Gasteiger partial charge in [0.2, 0.25) is 0 Å². The van der Waals surface area contributed by atoms with E-state index in [9.17, 15) is 9.90 Å².